The fourth-order valence-electron chi connectivity index (χ4n) is 1.68. The predicted octanol–water partition coefficient (Wildman–Crippen LogP) is 0.247. The Morgan fingerprint density at radius 2 is 2.14 bits per heavy atom. The lowest BCUT2D eigenvalue weighted by Gasteiger charge is -2.26. The van der Waals surface area contributed by atoms with Gasteiger partial charge in [0.05, 0.1) is 6.20 Å². The lowest BCUT2D eigenvalue weighted by Crippen LogP contribution is -2.42. The average Bonchev–Trinajstić information content (AvgIpc) is 2.53. The highest BCUT2D eigenvalue weighted by Crippen LogP contribution is 2.03. The number of halogens is 1. The quantitative estimate of drug-likeness (QED) is 0.770. The van der Waals surface area contributed by atoms with Crippen LogP contribution < -0.4 is 5.32 Å². The molecule has 1 aliphatic heterocycles. The van der Waals surface area contributed by atoms with E-state index in [2.05, 4.69) is 21.5 Å². The fraction of sp³-hybridized carbons (Fsp3) is 0.667. The lowest BCUT2D eigenvalue weighted by molar-refractivity contribution is 0.233. The van der Waals surface area contributed by atoms with Crippen molar-refractivity contribution in [2.45, 2.75) is 6.54 Å². The van der Waals surface area contributed by atoms with Gasteiger partial charge in [0.15, 0.2) is 0 Å². The monoisotopic (exact) mass is 216 g/mol. The van der Waals surface area contributed by atoms with Crippen LogP contribution in [0.1, 0.15) is 5.56 Å². The summed E-state index contributed by atoms with van der Waals surface area (Å²) in [5, 5.41) is 7.50. The fourth-order valence-corrected chi connectivity index (χ4v) is 1.68. The molecule has 0 radical (unpaired) electrons. The zero-order chi connectivity index (χ0) is 9.10. The third-order valence-corrected chi connectivity index (χ3v) is 2.37. The molecule has 1 fully saturated rings. The number of piperazine rings is 1. The topological polar surface area (TPSA) is 33.1 Å². The third-order valence-electron chi connectivity index (χ3n) is 2.37. The molecular formula is C9H17ClN4. The minimum atomic E-state index is 0. The SMILES string of the molecule is Cl.Cn1cc(CN2CCNCC2)cn1. The summed E-state index contributed by atoms with van der Waals surface area (Å²) in [6.45, 7) is 5.56. The molecule has 5 heteroatoms. The van der Waals surface area contributed by atoms with E-state index in [1.165, 1.54) is 5.56 Å². The van der Waals surface area contributed by atoms with Crippen molar-refractivity contribution in [3.05, 3.63) is 18.0 Å². The molecule has 0 aromatic carbocycles. The summed E-state index contributed by atoms with van der Waals surface area (Å²) in [5.41, 5.74) is 1.31. The molecule has 0 spiro atoms. The molecule has 2 heterocycles. The van der Waals surface area contributed by atoms with E-state index in [4.69, 9.17) is 0 Å². The highest BCUT2D eigenvalue weighted by Gasteiger charge is 2.10. The second-order valence-electron chi connectivity index (χ2n) is 3.55. The maximum atomic E-state index is 4.16. The van der Waals surface area contributed by atoms with Crippen LogP contribution in [0.2, 0.25) is 0 Å². The van der Waals surface area contributed by atoms with Gasteiger partial charge in [0.25, 0.3) is 0 Å². The second kappa shape index (κ2) is 5.34. The molecule has 0 amide bonds. The van der Waals surface area contributed by atoms with Gasteiger partial charge in [-0.25, -0.2) is 0 Å². The Hall–Kier alpha value is -0.580. The number of hydrogen-bond donors (Lipinski definition) is 1. The van der Waals surface area contributed by atoms with Crippen LogP contribution in [0.4, 0.5) is 0 Å². The maximum absolute atomic E-state index is 4.16. The molecule has 1 aliphatic rings. The minimum absolute atomic E-state index is 0. The Morgan fingerprint density at radius 1 is 1.43 bits per heavy atom. The van der Waals surface area contributed by atoms with E-state index in [0.29, 0.717) is 0 Å². The molecule has 1 N–H and O–H groups in total. The van der Waals surface area contributed by atoms with Crippen molar-refractivity contribution in [3.63, 3.8) is 0 Å². The van der Waals surface area contributed by atoms with Crippen molar-refractivity contribution in [3.8, 4) is 0 Å². The van der Waals surface area contributed by atoms with Crippen molar-refractivity contribution in [2.24, 2.45) is 7.05 Å². The van der Waals surface area contributed by atoms with Crippen molar-refractivity contribution in [1.82, 2.24) is 20.0 Å². The summed E-state index contributed by atoms with van der Waals surface area (Å²) in [4.78, 5) is 2.45. The van der Waals surface area contributed by atoms with Gasteiger partial charge in [0, 0.05) is 51.5 Å². The van der Waals surface area contributed by atoms with Crippen LogP contribution in [0.15, 0.2) is 12.4 Å². The molecule has 0 aliphatic carbocycles. The van der Waals surface area contributed by atoms with E-state index in [1.54, 1.807) is 0 Å². The molecule has 2 rings (SSSR count). The Kier molecular flexibility index (Phi) is 4.38. The minimum Gasteiger partial charge on any atom is -0.314 e. The summed E-state index contributed by atoms with van der Waals surface area (Å²) in [7, 11) is 1.96. The van der Waals surface area contributed by atoms with E-state index < -0.39 is 0 Å². The zero-order valence-electron chi connectivity index (χ0n) is 8.44. The highest BCUT2D eigenvalue weighted by atomic mass is 35.5. The molecule has 1 aromatic rings. The van der Waals surface area contributed by atoms with E-state index in [9.17, 15) is 0 Å². The zero-order valence-corrected chi connectivity index (χ0v) is 9.26. The van der Waals surface area contributed by atoms with Gasteiger partial charge in [-0.3, -0.25) is 9.58 Å². The van der Waals surface area contributed by atoms with Crippen LogP contribution in [-0.4, -0.2) is 40.9 Å². The van der Waals surface area contributed by atoms with E-state index in [-0.39, 0.29) is 12.4 Å². The van der Waals surface area contributed by atoms with Gasteiger partial charge < -0.3 is 5.32 Å². The molecule has 1 aromatic heterocycles. The van der Waals surface area contributed by atoms with Crippen molar-refractivity contribution in [1.29, 1.82) is 0 Å². The normalized spacial score (nSPS) is 17.8. The van der Waals surface area contributed by atoms with Crippen LogP contribution in [0.25, 0.3) is 0 Å². The Bertz CT molecular complexity index is 268. The first kappa shape index (κ1) is 11.5. The molecule has 0 unspecified atom stereocenters. The Balaban J connectivity index is 0.000000980. The van der Waals surface area contributed by atoms with Crippen molar-refractivity contribution < 1.29 is 0 Å². The second-order valence-corrected chi connectivity index (χ2v) is 3.55. The van der Waals surface area contributed by atoms with E-state index in [1.807, 2.05) is 17.9 Å². The standard InChI is InChI=1S/C9H16N4.ClH/c1-12-7-9(6-11-12)8-13-4-2-10-3-5-13;/h6-7,10H,2-5,8H2,1H3;1H. The molecule has 1 saturated heterocycles. The maximum Gasteiger partial charge on any atom is 0.0534 e. The molecule has 0 atom stereocenters. The molecule has 0 bridgehead atoms. The van der Waals surface area contributed by atoms with Gasteiger partial charge in [-0.1, -0.05) is 0 Å². The van der Waals surface area contributed by atoms with Gasteiger partial charge in [-0.05, 0) is 0 Å². The third kappa shape index (κ3) is 2.97. The summed E-state index contributed by atoms with van der Waals surface area (Å²) >= 11 is 0. The summed E-state index contributed by atoms with van der Waals surface area (Å²) < 4.78 is 1.86. The number of rotatable bonds is 2. The summed E-state index contributed by atoms with van der Waals surface area (Å²) in [5.74, 6) is 0. The lowest BCUT2D eigenvalue weighted by atomic mass is 10.3. The van der Waals surface area contributed by atoms with Crippen molar-refractivity contribution >= 4 is 12.4 Å². The van der Waals surface area contributed by atoms with Crippen LogP contribution in [0.3, 0.4) is 0 Å². The predicted molar refractivity (Wildman–Crippen MR) is 58.6 cm³/mol. The van der Waals surface area contributed by atoms with Crippen LogP contribution >= 0.6 is 12.4 Å². The number of aryl methyl sites for hydroxylation is 1. The van der Waals surface area contributed by atoms with Crippen LogP contribution in [0.5, 0.6) is 0 Å². The van der Waals surface area contributed by atoms with Gasteiger partial charge in [0.2, 0.25) is 0 Å². The van der Waals surface area contributed by atoms with Crippen molar-refractivity contribution in [2.75, 3.05) is 26.2 Å². The number of nitrogens with zero attached hydrogens (tertiary/aromatic N) is 3. The smallest absolute Gasteiger partial charge is 0.0534 e. The molecule has 80 valence electrons. The van der Waals surface area contributed by atoms with Gasteiger partial charge >= 0.3 is 0 Å². The molecule has 14 heavy (non-hydrogen) atoms. The Labute approximate surface area is 90.7 Å². The van der Waals surface area contributed by atoms with Crippen LogP contribution in [-0.2, 0) is 13.6 Å². The van der Waals surface area contributed by atoms with E-state index >= 15 is 0 Å². The van der Waals surface area contributed by atoms with E-state index in [0.717, 1.165) is 32.7 Å². The molecule has 0 saturated carbocycles. The van der Waals surface area contributed by atoms with Gasteiger partial charge in [0.1, 0.15) is 0 Å². The van der Waals surface area contributed by atoms with Gasteiger partial charge in [-0.2, -0.15) is 5.10 Å². The number of aromatic nitrogens is 2. The first-order valence-electron chi connectivity index (χ1n) is 4.75. The summed E-state index contributed by atoms with van der Waals surface area (Å²) in [6, 6.07) is 0. The summed E-state index contributed by atoms with van der Waals surface area (Å²) in [6.07, 6.45) is 4.03. The first-order chi connectivity index (χ1) is 6.34. The highest BCUT2D eigenvalue weighted by molar-refractivity contribution is 5.85. The van der Waals surface area contributed by atoms with Gasteiger partial charge in [-0.15, -0.1) is 12.4 Å². The van der Waals surface area contributed by atoms with Crippen LogP contribution in [0, 0.1) is 0 Å². The molecule has 4 nitrogen and oxygen atoms in total. The first-order valence-corrected chi connectivity index (χ1v) is 4.75. The average molecular weight is 217 g/mol. The largest absolute Gasteiger partial charge is 0.314 e. The number of nitrogens with one attached hydrogen (secondary N) is 1. The molecular weight excluding hydrogens is 200 g/mol. The Morgan fingerprint density at radius 3 is 2.71 bits per heavy atom. The number of hydrogen-bond acceptors (Lipinski definition) is 3.